The summed E-state index contributed by atoms with van der Waals surface area (Å²) in [6.45, 7) is 1.10. The predicted octanol–water partition coefficient (Wildman–Crippen LogP) is 4.96. The predicted molar refractivity (Wildman–Crippen MR) is 128 cm³/mol. The highest BCUT2D eigenvalue weighted by atomic mass is 35.5. The first-order valence-corrected chi connectivity index (χ1v) is 12.4. The summed E-state index contributed by atoms with van der Waals surface area (Å²) in [5.74, 6) is 0.390. The maximum Gasteiger partial charge on any atom is 0.179 e. The molecule has 0 atom stereocenters. The number of benzene rings is 3. The van der Waals surface area contributed by atoms with Crippen molar-refractivity contribution in [3.8, 4) is 28.2 Å². The Kier molecular flexibility index (Phi) is 6.21. The molecule has 0 aliphatic rings. The van der Waals surface area contributed by atoms with Crippen molar-refractivity contribution >= 4 is 27.2 Å². The highest BCUT2D eigenvalue weighted by Gasteiger charge is 2.17. The van der Waals surface area contributed by atoms with Gasteiger partial charge in [-0.3, -0.25) is 9.36 Å². The van der Waals surface area contributed by atoms with Crippen LogP contribution in [0.3, 0.4) is 0 Å². The third-order valence-electron chi connectivity index (χ3n) is 5.30. The normalized spacial score (nSPS) is 11.5. The summed E-state index contributed by atoms with van der Waals surface area (Å²) in [4.78, 5) is 16.6. The van der Waals surface area contributed by atoms with Crippen LogP contribution < -0.4 is 0 Å². The maximum atomic E-state index is 12.1. The number of imidazole rings is 1. The molecule has 0 saturated carbocycles. The standard InChI is InChI=1S/C25H21ClN2O4S/c1-16(30)23-14-28(25(27-23)21-5-3-4-6-22(21)26)20-11-9-17(10-12-20)18-7-8-19(15-29)24(13-18)33(2,31)32/h3-14,29H,15H2,1-2H3. The second-order valence-corrected chi connectivity index (χ2v) is 10.0. The van der Waals surface area contributed by atoms with Crippen LogP contribution in [0.4, 0.5) is 0 Å². The number of nitrogens with zero attached hydrogens (tertiary/aromatic N) is 2. The number of sulfone groups is 1. The minimum absolute atomic E-state index is 0.105. The molecule has 0 bridgehead atoms. The average Bonchev–Trinajstić information content (AvgIpc) is 3.24. The molecule has 0 aliphatic carbocycles. The Labute approximate surface area is 197 Å². The van der Waals surface area contributed by atoms with Crippen molar-refractivity contribution in [3.05, 3.63) is 89.2 Å². The van der Waals surface area contributed by atoms with E-state index in [0.717, 1.165) is 17.5 Å². The first kappa shape index (κ1) is 22.9. The van der Waals surface area contributed by atoms with E-state index in [9.17, 15) is 18.3 Å². The van der Waals surface area contributed by atoms with E-state index in [4.69, 9.17) is 11.6 Å². The minimum atomic E-state index is -3.49. The monoisotopic (exact) mass is 480 g/mol. The average molecular weight is 481 g/mol. The molecule has 1 heterocycles. The van der Waals surface area contributed by atoms with Crippen LogP contribution in [0.1, 0.15) is 23.0 Å². The van der Waals surface area contributed by atoms with Crippen LogP contribution in [-0.4, -0.2) is 35.1 Å². The van der Waals surface area contributed by atoms with E-state index in [2.05, 4.69) is 4.98 Å². The van der Waals surface area contributed by atoms with Crippen molar-refractivity contribution in [2.45, 2.75) is 18.4 Å². The van der Waals surface area contributed by atoms with Crippen LogP contribution in [0.25, 0.3) is 28.2 Å². The van der Waals surface area contributed by atoms with Gasteiger partial charge >= 0.3 is 0 Å². The Bertz CT molecular complexity index is 1460. The number of carbonyl (C=O) groups is 1. The van der Waals surface area contributed by atoms with E-state index >= 15 is 0 Å². The van der Waals surface area contributed by atoms with E-state index in [-0.39, 0.29) is 17.3 Å². The first-order chi connectivity index (χ1) is 15.7. The molecular formula is C25H21ClN2O4S. The van der Waals surface area contributed by atoms with Gasteiger partial charge in [-0.2, -0.15) is 0 Å². The largest absolute Gasteiger partial charge is 0.392 e. The second-order valence-electron chi connectivity index (χ2n) is 7.66. The van der Waals surface area contributed by atoms with E-state index in [1.165, 1.54) is 6.92 Å². The molecule has 1 N–H and O–H groups in total. The van der Waals surface area contributed by atoms with Gasteiger partial charge in [0, 0.05) is 30.6 Å². The summed E-state index contributed by atoms with van der Waals surface area (Å²) in [6.07, 6.45) is 2.80. The van der Waals surface area contributed by atoms with Crippen molar-refractivity contribution in [3.63, 3.8) is 0 Å². The van der Waals surface area contributed by atoms with Crippen molar-refractivity contribution in [1.29, 1.82) is 0 Å². The quantitative estimate of drug-likeness (QED) is 0.394. The molecule has 33 heavy (non-hydrogen) atoms. The Balaban J connectivity index is 1.79. The smallest absolute Gasteiger partial charge is 0.179 e. The van der Waals surface area contributed by atoms with Crippen LogP contribution in [0.5, 0.6) is 0 Å². The lowest BCUT2D eigenvalue weighted by atomic mass is 10.0. The molecule has 4 rings (SSSR count). The summed E-state index contributed by atoms with van der Waals surface area (Å²) in [5, 5.41) is 10.0. The number of carbonyl (C=O) groups excluding carboxylic acids is 1. The Morgan fingerprint density at radius 2 is 1.70 bits per heavy atom. The van der Waals surface area contributed by atoms with Gasteiger partial charge < -0.3 is 5.11 Å². The van der Waals surface area contributed by atoms with Crippen LogP contribution in [0, 0.1) is 0 Å². The summed E-state index contributed by atoms with van der Waals surface area (Å²) in [5.41, 5.74) is 3.67. The van der Waals surface area contributed by atoms with Gasteiger partial charge in [0.05, 0.1) is 16.5 Å². The zero-order valence-corrected chi connectivity index (χ0v) is 19.6. The van der Waals surface area contributed by atoms with Crippen molar-refractivity contribution in [2.24, 2.45) is 0 Å². The van der Waals surface area contributed by atoms with Crippen LogP contribution in [0.2, 0.25) is 5.02 Å². The highest BCUT2D eigenvalue weighted by molar-refractivity contribution is 7.90. The number of ketones is 1. The molecule has 0 saturated heterocycles. The van der Waals surface area contributed by atoms with Crippen molar-refractivity contribution in [1.82, 2.24) is 9.55 Å². The molecule has 8 heteroatoms. The number of hydrogen-bond acceptors (Lipinski definition) is 5. The first-order valence-electron chi connectivity index (χ1n) is 10.1. The van der Waals surface area contributed by atoms with E-state index in [1.807, 2.05) is 42.5 Å². The third kappa shape index (κ3) is 4.61. The Hall–Kier alpha value is -3.26. The van der Waals surface area contributed by atoms with E-state index < -0.39 is 9.84 Å². The van der Waals surface area contributed by atoms with Gasteiger partial charge in [0.25, 0.3) is 0 Å². The Morgan fingerprint density at radius 3 is 2.30 bits per heavy atom. The summed E-state index contributed by atoms with van der Waals surface area (Å²) < 4.78 is 26.1. The van der Waals surface area contributed by atoms with E-state index in [1.54, 1.807) is 35.0 Å². The lowest BCUT2D eigenvalue weighted by Gasteiger charge is -2.12. The van der Waals surface area contributed by atoms with Crippen LogP contribution >= 0.6 is 11.6 Å². The zero-order chi connectivity index (χ0) is 23.8. The summed E-state index contributed by atoms with van der Waals surface area (Å²) in [7, 11) is -3.49. The molecule has 0 amide bonds. The third-order valence-corrected chi connectivity index (χ3v) is 6.81. The lowest BCUT2D eigenvalue weighted by molar-refractivity contribution is 0.101. The fourth-order valence-electron chi connectivity index (χ4n) is 3.60. The minimum Gasteiger partial charge on any atom is -0.392 e. The molecular weight excluding hydrogens is 460 g/mol. The molecule has 0 radical (unpaired) electrons. The van der Waals surface area contributed by atoms with Gasteiger partial charge in [-0.25, -0.2) is 13.4 Å². The van der Waals surface area contributed by atoms with Crippen molar-refractivity contribution in [2.75, 3.05) is 6.26 Å². The molecule has 6 nitrogen and oxygen atoms in total. The lowest BCUT2D eigenvalue weighted by Crippen LogP contribution is -2.03. The van der Waals surface area contributed by atoms with Gasteiger partial charge in [0.2, 0.25) is 0 Å². The van der Waals surface area contributed by atoms with Crippen LogP contribution in [-0.2, 0) is 16.4 Å². The molecule has 1 aromatic heterocycles. The highest BCUT2D eigenvalue weighted by Crippen LogP contribution is 2.31. The van der Waals surface area contributed by atoms with Gasteiger partial charge in [0.15, 0.2) is 15.6 Å². The Morgan fingerprint density at radius 1 is 1.03 bits per heavy atom. The molecule has 3 aromatic carbocycles. The van der Waals surface area contributed by atoms with Crippen LogP contribution in [0.15, 0.2) is 77.8 Å². The number of halogens is 1. The second kappa shape index (κ2) is 8.94. The summed E-state index contributed by atoms with van der Waals surface area (Å²) >= 11 is 6.38. The number of aliphatic hydroxyl groups excluding tert-OH is 1. The number of hydrogen-bond donors (Lipinski definition) is 1. The SMILES string of the molecule is CC(=O)c1cn(-c2ccc(-c3ccc(CO)c(S(C)(=O)=O)c3)cc2)c(-c2ccccc2Cl)n1. The topological polar surface area (TPSA) is 89.3 Å². The van der Waals surface area contributed by atoms with Gasteiger partial charge in [-0.05, 0) is 47.0 Å². The van der Waals surface area contributed by atoms with Gasteiger partial charge in [0.1, 0.15) is 11.5 Å². The molecule has 0 fully saturated rings. The summed E-state index contributed by atoms with van der Waals surface area (Å²) in [6, 6.07) is 19.7. The molecule has 0 unspecified atom stereocenters. The molecule has 4 aromatic rings. The number of rotatable bonds is 6. The fourth-order valence-corrected chi connectivity index (χ4v) is 4.77. The molecule has 168 valence electrons. The number of aromatic nitrogens is 2. The van der Waals surface area contributed by atoms with Gasteiger partial charge in [-0.1, -0.05) is 48.0 Å². The van der Waals surface area contributed by atoms with Crippen molar-refractivity contribution < 1.29 is 18.3 Å². The van der Waals surface area contributed by atoms with Gasteiger partial charge in [-0.15, -0.1) is 0 Å². The number of Topliss-reactive ketones (excluding diaryl/α,β-unsaturated/α-hetero) is 1. The molecule has 0 aliphatic heterocycles. The van der Waals surface area contributed by atoms with E-state index in [0.29, 0.717) is 33.2 Å². The molecule has 0 spiro atoms. The zero-order valence-electron chi connectivity index (χ0n) is 18.0. The fraction of sp³-hybridized carbons (Fsp3) is 0.120. The number of aliphatic hydroxyl groups is 1. The maximum absolute atomic E-state index is 12.1.